The second kappa shape index (κ2) is 5.55. The highest BCUT2D eigenvalue weighted by molar-refractivity contribution is 5.16. The molecule has 0 saturated heterocycles. The van der Waals surface area contributed by atoms with Gasteiger partial charge in [-0.15, -0.1) is 0 Å². The largest absolute Gasteiger partial charge is 0.305 e. The fourth-order valence-electron chi connectivity index (χ4n) is 1.81. The van der Waals surface area contributed by atoms with Crippen LogP contribution in [0.15, 0.2) is 42.7 Å². The topological polar surface area (TPSA) is 37.8 Å². The molecule has 0 aliphatic heterocycles. The predicted octanol–water partition coefficient (Wildman–Crippen LogP) is 2.64. The van der Waals surface area contributed by atoms with Crippen molar-refractivity contribution in [2.75, 3.05) is 0 Å². The van der Waals surface area contributed by atoms with Crippen LogP contribution in [0.2, 0.25) is 0 Å². The molecule has 1 atom stereocenters. The summed E-state index contributed by atoms with van der Waals surface area (Å²) in [5.41, 5.74) is 3.28. The maximum Gasteiger partial charge on any atom is 0.0782 e. The lowest BCUT2D eigenvalue weighted by Crippen LogP contribution is -2.20. The molecule has 0 fully saturated rings. The molecule has 1 N–H and O–H groups in total. The first-order valence-corrected chi connectivity index (χ1v) is 5.82. The highest BCUT2D eigenvalue weighted by atomic mass is 14.9. The van der Waals surface area contributed by atoms with Gasteiger partial charge in [0.1, 0.15) is 0 Å². The minimum absolute atomic E-state index is 0.212. The van der Waals surface area contributed by atoms with E-state index in [9.17, 15) is 0 Å². The number of hydrogen-bond donors (Lipinski definition) is 1. The SMILES string of the molecule is Cc1nccnc1C(C)NCc1ccccc1. The molecule has 17 heavy (non-hydrogen) atoms. The number of aryl methyl sites for hydroxylation is 1. The van der Waals surface area contributed by atoms with E-state index in [2.05, 4.69) is 46.5 Å². The average Bonchev–Trinajstić information content (AvgIpc) is 2.38. The van der Waals surface area contributed by atoms with Crippen LogP contribution < -0.4 is 5.32 Å². The molecule has 1 aromatic carbocycles. The highest BCUT2D eigenvalue weighted by Crippen LogP contribution is 2.12. The number of nitrogens with zero attached hydrogens (tertiary/aromatic N) is 2. The van der Waals surface area contributed by atoms with Crippen molar-refractivity contribution in [3.63, 3.8) is 0 Å². The molecule has 2 aromatic rings. The molecule has 0 saturated carbocycles. The van der Waals surface area contributed by atoms with Crippen molar-refractivity contribution in [1.29, 1.82) is 0 Å². The quantitative estimate of drug-likeness (QED) is 0.872. The zero-order valence-electron chi connectivity index (χ0n) is 10.2. The molecule has 0 spiro atoms. The maximum atomic E-state index is 4.37. The van der Waals surface area contributed by atoms with E-state index in [4.69, 9.17) is 0 Å². The van der Waals surface area contributed by atoms with Gasteiger partial charge in [0.2, 0.25) is 0 Å². The molecular weight excluding hydrogens is 210 g/mol. The van der Waals surface area contributed by atoms with Crippen LogP contribution >= 0.6 is 0 Å². The van der Waals surface area contributed by atoms with E-state index in [1.165, 1.54) is 5.56 Å². The van der Waals surface area contributed by atoms with Gasteiger partial charge in [-0.3, -0.25) is 9.97 Å². The molecule has 1 aromatic heterocycles. The molecule has 2 rings (SSSR count). The molecule has 1 heterocycles. The Bertz CT molecular complexity index is 468. The summed E-state index contributed by atoms with van der Waals surface area (Å²) in [6.07, 6.45) is 3.46. The highest BCUT2D eigenvalue weighted by Gasteiger charge is 2.09. The van der Waals surface area contributed by atoms with Gasteiger partial charge in [0, 0.05) is 25.0 Å². The van der Waals surface area contributed by atoms with E-state index in [1.807, 2.05) is 13.0 Å². The van der Waals surface area contributed by atoms with Crippen molar-refractivity contribution in [2.45, 2.75) is 26.4 Å². The zero-order chi connectivity index (χ0) is 12.1. The minimum atomic E-state index is 0.212. The Morgan fingerprint density at radius 1 is 1.12 bits per heavy atom. The smallest absolute Gasteiger partial charge is 0.0782 e. The Labute approximate surface area is 102 Å². The number of rotatable bonds is 4. The van der Waals surface area contributed by atoms with Crippen LogP contribution in [0.25, 0.3) is 0 Å². The molecule has 0 amide bonds. The number of nitrogens with one attached hydrogen (secondary N) is 1. The van der Waals surface area contributed by atoms with E-state index < -0.39 is 0 Å². The third kappa shape index (κ3) is 3.11. The Hall–Kier alpha value is -1.74. The first-order valence-electron chi connectivity index (χ1n) is 5.82. The van der Waals surface area contributed by atoms with Crippen LogP contribution in [0.4, 0.5) is 0 Å². The molecular formula is C14H17N3. The van der Waals surface area contributed by atoms with Crippen molar-refractivity contribution in [3.8, 4) is 0 Å². The fourth-order valence-corrected chi connectivity index (χ4v) is 1.81. The summed E-state index contributed by atoms with van der Waals surface area (Å²) in [4.78, 5) is 8.62. The first kappa shape index (κ1) is 11.7. The Balaban J connectivity index is 1.99. The third-order valence-electron chi connectivity index (χ3n) is 2.78. The van der Waals surface area contributed by atoms with Crippen LogP contribution in [-0.2, 0) is 6.54 Å². The lowest BCUT2D eigenvalue weighted by Gasteiger charge is -2.14. The van der Waals surface area contributed by atoms with Gasteiger partial charge in [0.25, 0.3) is 0 Å². The predicted molar refractivity (Wildman–Crippen MR) is 68.5 cm³/mol. The summed E-state index contributed by atoms with van der Waals surface area (Å²) in [5.74, 6) is 0. The molecule has 88 valence electrons. The van der Waals surface area contributed by atoms with Gasteiger partial charge in [-0.1, -0.05) is 30.3 Å². The van der Waals surface area contributed by atoms with Gasteiger partial charge in [-0.25, -0.2) is 0 Å². The summed E-state index contributed by atoms with van der Waals surface area (Å²) < 4.78 is 0. The second-order valence-electron chi connectivity index (χ2n) is 4.12. The number of aromatic nitrogens is 2. The first-order chi connectivity index (χ1) is 8.27. The fraction of sp³-hybridized carbons (Fsp3) is 0.286. The van der Waals surface area contributed by atoms with E-state index in [0.29, 0.717) is 0 Å². The van der Waals surface area contributed by atoms with Gasteiger partial charge in [-0.05, 0) is 19.4 Å². The van der Waals surface area contributed by atoms with Gasteiger partial charge in [0.05, 0.1) is 11.4 Å². The van der Waals surface area contributed by atoms with Gasteiger partial charge in [-0.2, -0.15) is 0 Å². The van der Waals surface area contributed by atoms with Crippen LogP contribution in [0.5, 0.6) is 0 Å². The van der Waals surface area contributed by atoms with Crippen molar-refractivity contribution < 1.29 is 0 Å². The Morgan fingerprint density at radius 3 is 2.53 bits per heavy atom. The van der Waals surface area contributed by atoms with Gasteiger partial charge in [0.15, 0.2) is 0 Å². The zero-order valence-corrected chi connectivity index (χ0v) is 10.2. The molecule has 3 nitrogen and oxygen atoms in total. The van der Waals surface area contributed by atoms with Crippen molar-refractivity contribution in [3.05, 3.63) is 59.7 Å². The van der Waals surface area contributed by atoms with Gasteiger partial charge < -0.3 is 5.32 Å². The van der Waals surface area contributed by atoms with E-state index in [0.717, 1.165) is 17.9 Å². The lowest BCUT2D eigenvalue weighted by molar-refractivity contribution is 0.555. The Kier molecular flexibility index (Phi) is 3.83. The van der Waals surface area contributed by atoms with E-state index in [1.54, 1.807) is 12.4 Å². The maximum absolute atomic E-state index is 4.37. The number of hydrogen-bond acceptors (Lipinski definition) is 3. The van der Waals surface area contributed by atoms with Crippen LogP contribution in [0.3, 0.4) is 0 Å². The van der Waals surface area contributed by atoms with Crippen molar-refractivity contribution >= 4 is 0 Å². The van der Waals surface area contributed by atoms with Crippen molar-refractivity contribution in [2.24, 2.45) is 0 Å². The normalized spacial score (nSPS) is 12.4. The van der Waals surface area contributed by atoms with Crippen molar-refractivity contribution in [1.82, 2.24) is 15.3 Å². The molecule has 0 aliphatic carbocycles. The molecule has 0 radical (unpaired) electrons. The third-order valence-corrected chi connectivity index (χ3v) is 2.78. The van der Waals surface area contributed by atoms with Crippen LogP contribution in [0.1, 0.15) is 29.9 Å². The standard InChI is InChI=1S/C14H17N3/c1-11-14(16-9-8-15-11)12(2)17-10-13-6-4-3-5-7-13/h3-9,12,17H,10H2,1-2H3. The summed E-state index contributed by atoms with van der Waals surface area (Å²) in [6, 6.07) is 10.6. The average molecular weight is 227 g/mol. The molecule has 0 bridgehead atoms. The van der Waals surface area contributed by atoms with E-state index >= 15 is 0 Å². The van der Waals surface area contributed by atoms with Crippen LogP contribution in [0, 0.1) is 6.92 Å². The van der Waals surface area contributed by atoms with Crippen LogP contribution in [-0.4, -0.2) is 9.97 Å². The summed E-state index contributed by atoms with van der Waals surface area (Å²) in [5, 5.41) is 3.45. The Morgan fingerprint density at radius 2 is 1.82 bits per heavy atom. The summed E-state index contributed by atoms with van der Waals surface area (Å²) in [6.45, 7) is 4.95. The van der Waals surface area contributed by atoms with Gasteiger partial charge >= 0.3 is 0 Å². The molecule has 3 heteroatoms. The monoisotopic (exact) mass is 227 g/mol. The summed E-state index contributed by atoms with van der Waals surface area (Å²) >= 11 is 0. The second-order valence-corrected chi connectivity index (χ2v) is 4.12. The molecule has 0 aliphatic rings. The minimum Gasteiger partial charge on any atom is -0.305 e. The van der Waals surface area contributed by atoms with E-state index in [-0.39, 0.29) is 6.04 Å². The number of benzene rings is 1. The molecule has 1 unspecified atom stereocenters. The lowest BCUT2D eigenvalue weighted by atomic mass is 10.1. The summed E-state index contributed by atoms with van der Waals surface area (Å²) in [7, 11) is 0.